The highest BCUT2D eigenvalue weighted by Gasteiger charge is 2.10. The lowest BCUT2D eigenvalue weighted by Crippen LogP contribution is -2.02. The Morgan fingerprint density at radius 3 is 2.39 bits per heavy atom. The summed E-state index contributed by atoms with van der Waals surface area (Å²) in [5.41, 5.74) is 6.99. The molecule has 0 aromatic heterocycles. The molecule has 0 heterocycles. The quantitative estimate of drug-likeness (QED) is 0.818. The zero-order valence-electron chi connectivity index (χ0n) is 9.15. The smallest absolute Gasteiger partial charge is 0.337 e. The van der Waals surface area contributed by atoms with E-state index in [2.05, 4.69) is 0 Å². The lowest BCUT2D eigenvalue weighted by molar-refractivity contribution is 0.0698. The van der Waals surface area contributed by atoms with Gasteiger partial charge in [-0.15, -0.1) is 0 Å². The molecular weight excluding hydrogens is 257 g/mol. The van der Waals surface area contributed by atoms with Crippen molar-refractivity contribution in [1.82, 2.24) is 0 Å². The number of carbonyl (C=O) groups is 1. The molecule has 0 aliphatic heterocycles. The number of hydrogen-bond acceptors (Lipinski definition) is 2. The highest BCUT2D eigenvalue weighted by molar-refractivity contribution is 6.31. The van der Waals surface area contributed by atoms with Crippen LogP contribution in [0.5, 0.6) is 0 Å². The van der Waals surface area contributed by atoms with E-state index in [4.69, 9.17) is 22.4 Å². The van der Waals surface area contributed by atoms with E-state index in [0.717, 1.165) is 0 Å². The fourth-order valence-corrected chi connectivity index (χ4v) is 1.78. The van der Waals surface area contributed by atoms with E-state index in [1.165, 1.54) is 30.3 Å². The maximum absolute atomic E-state index is 13.0. The van der Waals surface area contributed by atoms with Crippen LogP contribution in [0.2, 0.25) is 5.02 Å². The van der Waals surface area contributed by atoms with E-state index >= 15 is 0 Å². The van der Waals surface area contributed by atoms with Crippen molar-refractivity contribution < 1.29 is 14.3 Å². The number of benzene rings is 2. The van der Waals surface area contributed by atoms with Gasteiger partial charge in [0, 0.05) is 5.69 Å². The van der Waals surface area contributed by atoms with E-state index < -0.39 is 11.8 Å². The van der Waals surface area contributed by atoms with Gasteiger partial charge in [0.2, 0.25) is 0 Å². The number of carboxylic acid groups (broad SMARTS) is 1. The molecule has 2 rings (SSSR count). The van der Waals surface area contributed by atoms with Crippen LogP contribution in [0.1, 0.15) is 10.4 Å². The number of hydrogen-bond donors (Lipinski definition) is 2. The molecule has 3 N–H and O–H groups in total. The Kier molecular flexibility index (Phi) is 3.21. The van der Waals surface area contributed by atoms with E-state index in [1.807, 2.05) is 0 Å². The van der Waals surface area contributed by atoms with Crippen molar-refractivity contribution >= 4 is 23.3 Å². The molecule has 2 aromatic rings. The van der Waals surface area contributed by atoms with Gasteiger partial charge < -0.3 is 10.8 Å². The monoisotopic (exact) mass is 265 g/mol. The normalized spacial score (nSPS) is 10.3. The van der Waals surface area contributed by atoms with Crippen LogP contribution in [0.25, 0.3) is 11.1 Å². The first-order valence-electron chi connectivity index (χ1n) is 5.07. The molecule has 0 saturated carbocycles. The Morgan fingerprint density at radius 1 is 1.17 bits per heavy atom. The second-order valence-corrected chi connectivity index (χ2v) is 4.14. The summed E-state index contributed by atoms with van der Waals surface area (Å²) in [5.74, 6) is -1.63. The largest absolute Gasteiger partial charge is 0.478 e. The van der Waals surface area contributed by atoms with Gasteiger partial charge in [-0.2, -0.15) is 0 Å². The van der Waals surface area contributed by atoms with Gasteiger partial charge in [-0.25, -0.2) is 9.18 Å². The van der Waals surface area contributed by atoms with Crippen molar-refractivity contribution in [2.75, 3.05) is 5.73 Å². The molecule has 18 heavy (non-hydrogen) atoms. The Bertz CT molecular complexity index is 628. The van der Waals surface area contributed by atoms with Crippen molar-refractivity contribution in [3.05, 3.63) is 52.8 Å². The molecule has 5 heteroatoms. The zero-order chi connectivity index (χ0) is 13.3. The van der Waals surface area contributed by atoms with E-state index in [9.17, 15) is 9.18 Å². The van der Waals surface area contributed by atoms with Gasteiger partial charge in [-0.1, -0.05) is 23.7 Å². The molecular formula is C13H9ClFNO2. The van der Waals surface area contributed by atoms with Crippen molar-refractivity contribution in [1.29, 1.82) is 0 Å². The van der Waals surface area contributed by atoms with Crippen molar-refractivity contribution in [3.8, 4) is 11.1 Å². The second-order valence-electron chi connectivity index (χ2n) is 3.74. The fourth-order valence-electron chi connectivity index (χ4n) is 1.60. The van der Waals surface area contributed by atoms with Crippen LogP contribution >= 0.6 is 11.6 Å². The van der Waals surface area contributed by atoms with Crippen molar-refractivity contribution in [3.63, 3.8) is 0 Å². The number of carboxylic acids is 1. The van der Waals surface area contributed by atoms with Gasteiger partial charge in [0.05, 0.1) is 10.6 Å². The van der Waals surface area contributed by atoms with Crippen LogP contribution in [-0.4, -0.2) is 11.1 Å². The van der Waals surface area contributed by atoms with Gasteiger partial charge in [-0.3, -0.25) is 0 Å². The minimum absolute atomic E-state index is 0.00736. The predicted molar refractivity (Wildman–Crippen MR) is 68.2 cm³/mol. The Morgan fingerprint density at radius 2 is 1.78 bits per heavy atom. The maximum Gasteiger partial charge on any atom is 0.337 e. The lowest BCUT2D eigenvalue weighted by atomic mass is 10.0. The van der Waals surface area contributed by atoms with Gasteiger partial charge in [0.1, 0.15) is 5.82 Å². The zero-order valence-corrected chi connectivity index (χ0v) is 9.91. The first-order chi connectivity index (χ1) is 8.49. The van der Waals surface area contributed by atoms with E-state index in [0.29, 0.717) is 11.1 Å². The molecule has 0 saturated heterocycles. The molecule has 0 spiro atoms. The van der Waals surface area contributed by atoms with Crippen LogP contribution in [0, 0.1) is 5.82 Å². The summed E-state index contributed by atoms with van der Waals surface area (Å²) in [6.45, 7) is 0. The molecule has 0 fully saturated rings. The number of halogens is 2. The molecule has 92 valence electrons. The van der Waals surface area contributed by atoms with Crippen LogP contribution in [0.4, 0.5) is 10.1 Å². The number of nitrogens with two attached hydrogens (primary N) is 1. The van der Waals surface area contributed by atoms with Crippen LogP contribution in [-0.2, 0) is 0 Å². The molecule has 0 amide bonds. The average Bonchev–Trinajstić information content (AvgIpc) is 2.33. The predicted octanol–water partition coefficient (Wildman–Crippen LogP) is 3.43. The third-order valence-corrected chi connectivity index (χ3v) is 2.83. The van der Waals surface area contributed by atoms with Gasteiger partial charge in [0.25, 0.3) is 0 Å². The number of aromatic carboxylic acids is 1. The molecule has 0 aliphatic carbocycles. The average molecular weight is 266 g/mol. The van der Waals surface area contributed by atoms with Crippen LogP contribution in [0.15, 0.2) is 36.4 Å². The third-order valence-electron chi connectivity index (χ3n) is 2.54. The maximum atomic E-state index is 13.0. The van der Waals surface area contributed by atoms with Crippen LogP contribution in [0.3, 0.4) is 0 Å². The summed E-state index contributed by atoms with van der Waals surface area (Å²) < 4.78 is 13.0. The van der Waals surface area contributed by atoms with Crippen LogP contribution < -0.4 is 5.73 Å². The molecule has 2 aromatic carbocycles. The third kappa shape index (κ3) is 2.28. The topological polar surface area (TPSA) is 63.3 Å². The summed E-state index contributed by atoms with van der Waals surface area (Å²) in [4.78, 5) is 11.0. The fraction of sp³-hybridized carbons (Fsp3) is 0. The SMILES string of the molecule is Nc1ccc(-c2ccc(F)c(Cl)c2)cc1C(=O)O. The van der Waals surface area contributed by atoms with Gasteiger partial charge in [-0.05, 0) is 35.4 Å². The van der Waals surface area contributed by atoms with Crippen molar-refractivity contribution in [2.24, 2.45) is 0 Å². The first kappa shape index (κ1) is 12.4. The molecule has 0 unspecified atom stereocenters. The Hall–Kier alpha value is -2.07. The number of rotatable bonds is 2. The summed E-state index contributed by atoms with van der Waals surface area (Å²) in [7, 11) is 0. The summed E-state index contributed by atoms with van der Waals surface area (Å²) in [6, 6.07) is 8.78. The minimum Gasteiger partial charge on any atom is -0.478 e. The first-order valence-corrected chi connectivity index (χ1v) is 5.45. The lowest BCUT2D eigenvalue weighted by Gasteiger charge is -2.06. The van der Waals surface area contributed by atoms with Gasteiger partial charge in [0.15, 0.2) is 0 Å². The summed E-state index contributed by atoms with van der Waals surface area (Å²) in [6.07, 6.45) is 0. The molecule has 3 nitrogen and oxygen atoms in total. The minimum atomic E-state index is -1.11. The van der Waals surface area contributed by atoms with E-state index in [-0.39, 0.29) is 16.3 Å². The Balaban J connectivity index is 2.54. The number of anilines is 1. The summed E-state index contributed by atoms with van der Waals surface area (Å²) >= 11 is 5.68. The number of nitrogen functional groups attached to an aromatic ring is 1. The van der Waals surface area contributed by atoms with Gasteiger partial charge >= 0.3 is 5.97 Å². The molecule has 0 atom stereocenters. The summed E-state index contributed by atoms with van der Waals surface area (Å²) in [5, 5.41) is 8.96. The molecule has 0 bridgehead atoms. The standard InChI is InChI=1S/C13H9ClFNO2/c14-10-6-8(1-3-11(10)15)7-2-4-12(16)9(5-7)13(17)18/h1-6H,16H2,(H,17,18). The Labute approximate surface area is 108 Å². The van der Waals surface area contributed by atoms with Crippen molar-refractivity contribution in [2.45, 2.75) is 0 Å². The van der Waals surface area contributed by atoms with E-state index in [1.54, 1.807) is 6.07 Å². The highest BCUT2D eigenvalue weighted by Crippen LogP contribution is 2.27. The second kappa shape index (κ2) is 4.66. The highest BCUT2D eigenvalue weighted by atomic mass is 35.5. The molecule has 0 radical (unpaired) electrons. The molecule has 0 aliphatic rings.